The molecule has 0 spiro atoms. The van der Waals surface area contributed by atoms with Gasteiger partial charge in [0.25, 0.3) is 0 Å². The van der Waals surface area contributed by atoms with Crippen LogP contribution in [0.25, 0.3) is 0 Å². The molecule has 140 valence electrons. The number of sulfonamides is 1. The predicted molar refractivity (Wildman–Crippen MR) is 101 cm³/mol. The molecule has 2 N–H and O–H groups in total. The molecule has 1 unspecified atom stereocenters. The molecule has 0 saturated carbocycles. The quantitative estimate of drug-likeness (QED) is 0.702. The largest absolute Gasteiger partial charge is 0.494 e. The Hall–Kier alpha value is -2.38. The van der Waals surface area contributed by atoms with Crippen molar-refractivity contribution in [3.63, 3.8) is 0 Å². The van der Waals surface area contributed by atoms with Crippen LogP contribution in [-0.4, -0.2) is 33.5 Å². The first-order valence-corrected chi connectivity index (χ1v) is 10.0. The highest BCUT2D eigenvalue weighted by Crippen LogP contribution is 2.17. The second kappa shape index (κ2) is 9.35. The smallest absolute Gasteiger partial charge is 0.241 e. The maximum absolute atomic E-state index is 12.7. The summed E-state index contributed by atoms with van der Waals surface area (Å²) in [5.41, 5.74) is 0.873. The maximum atomic E-state index is 12.7. The van der Waals surface area contributed by atoms with Gasteiger partial charge >= 0.3 is 0 Å². The normalized spacial score (nSPS) is 12.4. The lowest BCUT2D eigenvalue weighted by Crippen LogP contribution is -2.47. The van der Waals surface area contributed by atoms with E-state index in [9.17, 15) is 13.2 Å². The fourth-order valence-electron chi connectivity index (χ4n) is 2.47. The average Bonchev–Trinajstić information content (AvgIpc) is 2.63. The zero-order valence-corrected chi connectivity index (χ0v) is 15.8. The van der Waals surface area contributed by atoms with E-state index in [1.807, 2.05) is 37.3 Å². The minimum absolute atomic E-state index is 0.0864. The van der Waals surface area contributed by atoms with Gasteiger partial charge in [0.2, 0.25) is 15.9 Å². The first-order chi connectivity index (χ1) is 12.5. The summed E-state index contributed by atoms with van der Waals surface area (Å²) in [7, 11) is -3.84. The third kappa shape index (κ3) is 5.57. The lowest BCUT2D eigenvalue weighted by Gasteiger charge is -2.18. The first kappa shape index (κ1) is 19.9. The van der Waals surface area contributed by atoms with E-state index < -0.39 is 16.1 Å². The first-order valence-electron chi connectivity index (χ1n) is 8.53. The van der Waals surface area contributed by atoms with Crippen LogP contribution in [0.2, 0.25) is 0 Å². The molecule has 2 aromatic rings. The van der Waals surface area contributed by atoms with Crippen LogP contribution in [-0.2, 0) is 21.2 Å². The van der Waals surface area contributed by atoms with Gasteiger partial charge < -0.3 is 10.1 Å². The summed E-state index contributed by atoms with van der Waals surface area (Å²) in [6.07, 6.45) is 0.267. The molecule has 26 heavy (non-hydrogen) atoms. The Labute approximate surface area is 154 Å². The number of amides is 1. The van der Waals surface area contributed by atoms with E-state index in [2.05, 4.69) is 10.0 Å². The Morgan fingerprint density at radius 3 is 2.27 bits per heavy atom. The van der Waals surface area contributed by atoms with Gasteiger partial charge in [-0.15, -0.1) is 0 Å². The monoisotopic (exact) mass is 376 g/mol. The van der Waals surface area contributed by atoms with E-state index >= 15 is 0 Å². The second-order valence-electron chi connectivity index (χ2n) is 5.66. The van der Waals surface area contributed by atoms with Crippen molar-refractivity contribution >= 4 is 15.9 Å². The van der Waals surface area contributed by atoms with Crippen LogP contribution in [0.5, 0.6) is 5.75 Å². The minimum Gasteiger partial charge on any atom is -0.494 e. The van der Waals surface area contributed by atoms with Gasteiger partial charge in [-0.1, -0.05) is 30.3 Å². The van der Waals surface area contributed by atoms with Crippen molar-refractivity contribution in [3.8, 4) is 5.75 Å². The molecule has 1 amide bonds. The van der Waals surface area contributed by atoms with Gasteiger partial charge in [-0.05, 0) is 50.1 Å². The van der Waals surface area contributed by atoms with Crippen molar-refractivity contribution in [2.75, 3.05) is 13.2 Å². The number of carbonyl (C=O) groups excluding carboxylic acids is 1. The summed E-state index contributed by atoms with van der Waals surface area (Å²) in [4.78, 5) is 12.4. The van der Waals surface area contributed by atoms with E-state index in [1.165, 1.54) is 12.1 Å². The molecule has 0 aliphatic rings. The van der Waals surface area contributed by atoms with Crippen LogP contribution < -0.4 is 14.8 Å². The van der Waals surface area contributed by atoms with Gasteiger partial charge in [-0.3, -0.25) is 4.79 Å². The number of hydrogen-bond donors (Lipinski definition) is 2. The summed E-state index contributed by atoms with van der Waals surface area (Å²) in [5.74, 6) is 0.238. The third-order valence-electron chi connectivity index (χ3n) is 3.69. The molecule has 1 atom stereocenters. The molecule has 6 nitrogen and oxygen atoms in total. The van der Waals surface area contributed by atoms with Gasteiger partial charge in [-0.25, -0.2) is 8.42 Å². The van der Waals surface area contributed by atoms with Crippen molar-refractivity contribution in [1.29, 1.82) is 0 Å². The Balaban J connectivity index is 2.20. The SMILES string of the molecule is CCNC(=O)C(Cc1ccccc1)NS(=O)(=O)c1ccc(OCC)cc1. The lowest BCUT2D eigenvalue weighted by molar-refractivity contribution is -0.122. The molecule has 2 rings (SSSR count). The van der Waals surface area contributed by atoms with Gasteiger partial charge in [0.15, 0.2) is 0 Å². The summed E-state index contributed by atoms with van der Waals surface area (Å²) in [6, 6.07) is 14.5. The lowest BCUT2D eigenvalue weighted by atomic mass is 10.1. The van der Waals surface area contributed by atoms with Crippen molar-refractivity contribution in [1.82, 2.24) is 10.0 Å². The molecule has 0 aromatic heterocycles. The number of ether oxygens (including phenoxy) is 1. The summed E-state index contributed by atoms with van der Waals surface area (Å²) < 4.78 is 33.2. The topological polar surface area (TPSA) is 84.5 Å². The molecule has 0 bridgehead atoms. The molecule has 0 radical (unpaired) electrons. The van der Waals surface area contributed by atoms with Gasteiger partial charge in [0.1, 0.15) is 11.8 Å². The standard InChI is InChI=1S/C19H24N2O4S/c1-3-20-19(22)18(14-15-8-6-5-7-9-15)21-26(23,24)17-12-10-16(11-13-17)25-4-2/h5-13,18,21H,3-4,14H2,1-2H3,(H,20,22). The van der Waals surface area contributed by atoms with Crippen LogP contribution in [0, 0.1) is 0 Å². The molecule has 0 aliphatic heterocycles. The van der Waals surface area contributed by atoms with E-state index in [4.69, 9.17) is 4.74 Å². The van der Waals surface area contributed by atoms with E-state index in [0.717, 1.165) is 5.56 Å². The van der Waals surface area contributed by atoms with Crippen molar-refractivity contribution in [2.45, 2.75) is 31.2 Å². The van der Waals surface area contributed by atoms with Gasteiger partial charge in [0, 0.05) is 6.54 Å². The molecule has 0 fully saturated rings. The summed E-state index contributed by atoms with van der Waals surface area (Å²) in [5, 5.41) is 2.68. The van der Waals surface area contributed by atoms with Crippen molar-refractivity contribution in [2.24, 2.45) is 0 Å². The molecule has 0 aliphatic carbocycles. The highest BCUT2D eigenvalue weighted by atomic mass is 32.2. The maximum Gasteiger partial charge on any atom is 0.241 e. The van der Waals surface area contributed by atoms with Crippen molar-refractivity contribution in [3.05, 3.63) is 60.2 Å². The second-order valence-corrected chi connectivity index (χ2v) is 7.38. The predicted octanol–water partition coefficient (Wildman–Crippen LogP) is 2.11. The molecule has 0 heterocycles. The number of rotatable bonds is 9. The number of carbonyl (C=O) groups is 1. The highest BCUT2D eigenvalue weighted by molar-refractivity contribution is 7.89. The van der Waals surface area contributed by atoms with Gasteiger partial charge in [-0.2, -0.15) is 4.72 Å². The molecule has 2 aromatic carbocycles. The molecule has 7 heteroatoms. The van der Waals surface area contributed by atoms with E-state index in [1.54, 1.807) is 19.1 Å². The molecular formula is C19H24N2O4S. The molecule has 0 saturated heterocycles. The number of benzene rings is 2. The summed E-state index contributed by atoms with van der Waals surface area (Å²) in [6.45, 7) is 4.57. The number of likely N-dealkylation sites (N-methyl/N-ethyl adjacent to an activating group) is 1. The van der Waals surface area contributed by atoms with Crippen LogP contribution >= 0.6 is 0 Å². The minimum atomic E-state index is -3.84. The van der Waals surface area contributed by atoms with Gasteiger partial charge in [0.05, 0.1) is 11.5 Å². The number of nitrogens with one attached hydrogen (secondary N) is 2. The number of hydrogen-bond acceptors (Lipinski definition) is 4. The Kier molecular flexibility index (Phi) is 7.17. The van der Waals surface area contributed by atoms with Crippen LogP contribution in [0.15, 0.2) is 59.5 Å². The molecular weight excluding hydrogens is 352 g/mol. The zero-order chi connectivity index (χ0) is 19.0. The van der Waals surface area contributed by atoms with E-state index in [0.29, 0.717) is 18.9 Å². The fourth-order valence-corrected chi connectivity index (χ4v) is 3.67. The Morgan fingerprint density at radius 2 is 1.69 bits per heavy atom. The van der Waals surface area contributed by atoms with Crippen LogP contribution in [0.1, 0.15) is 19.4 Å². The highest BCUT2D eigenvalue weighted by Gasteiger charge is 2.25. The Bertz CT molecular complexity index is 805. The van der Waals surface area contributed by atoms with Crippen LogP contribution in [0.4, 0.5) is 0 Å². The van der Waals surface area contributed by atoms with Crippen molar-refractivity contribution < 1.29 is 17.9 Å². The Morgan fingerprint density at radius 1 is 1.04 bits per heavy atom. The fraction of sp³-hybridized carbons (Fsp3) is 0.316. The summed E-state index contributed by atoms with van der Waals surface area (Å²) >= 11 is 0. The zero-order valence-electron chi connectivity index (χ0n) is 14.9. The van der Waals surface area contributed by atoms with Crippen LogP contribution in [0.3, 0.4) is 0 Å². The average molecular weight is 376 g/mol. The van der Waals surface area contributed by atoms with E-state index in [-0.39, 0.29) is 17.2 Å². The third-order valence-corrected chi connectivity index (χ3v) is 5.18.